The monoisotopic (exact) mass is 313 g/mol. The van der Waals surface area contributed by atoms with Crippen molar-refractivity contribution in [2.75, 3.05) is 17.7 Å². The standard InChI is InChI=1S/C16H19N5O2/c1-3-14(23-4-2)16(22)20-12-5-7-13(8-6-12)21-15(18)11(9-17)10-19-21/h5-8,10,14H,3-4,18H2,1-2H3,(H,20,22). The first kappa shape index (κ1) is 16.5. The van der Waals surface area contributed by atoms with Crippen molar-refractivity contribution < 1.29 is 9.53 Å². The van der Waals surface area contributed by atoms with Gasteiger partial charge >= 0.3 is 0 Å². The molecule has 0 aliphatic carbocycles. The number of ether oxygens (including phenoxy) is 1. The normalized spacial score (nSPS) is 11.7. The molecule has 7 heteroatoms. The Morgan fingerprint density at radius 3 is 2.65 bits per heavy atom. The number of amides is 1. The molecule has 2 aromatic rings. The smallest absolute Gasteiger partial charge is 0.253 e. The fraction of sp³-hybridized carbons (Fsp3) is 0.312. The van der Waals surface area contributed by atoms with Gasteiger partial charge in [0.2, 0.25) is 0 Å². The molecule has 1 aromatic heterocycles. The van der Waals surface area contributed by atoms with E-state index in [1.165, 1.54) is 10.9 Å². The van der Waals surface area contributed by atoms with Gasteiger partial charge in [-0.2, -0.15) is 10.4 Å². The molecule has 0 fully saturated rings. The van der Waals surface area contributed by atoms with Crippen molar-refractivity contribution in [2.45, 2.75) is 26.4 Å². The third-order valence-electron chi connectivity index (χ3n) is 3.34. The van der Waals surface area contributed by atoms with Gasteiger partial charge in [-0.25, -0.2) is 4.68 Å². The lowest BCUT2D eigenvalue weighted by Crippen LogP contribution is -2.29. The highest BCUT2D eigenvalue weighted by molar-refractivity contribution is 5.94. The fourth-order valence-electron chi connectivity index (χ4n) is 2.14. The van der Waals surface area contributed by atoms with Crippen LogP contribution in [-0.2, 0) is 9.53 Å². The average Bonchev–Trinajstić information content (AvgIpc) is 2.94. The predicted molar refractivity (Wildman–Crippen MR) is 87.0 cm³/mol. The lowest BCUT2D eigenvalue weighted by Gasteiger charge is -2.15. The molecule has 0 aliphatic heterocycles. The molecule has 0 aliphatic rings. The Balaban J connectivity index is 2.12. The lowest BCUT2D eigenvalue weighted by atomic mass is 10.2. The van der Waals surface area contributed by atoms with Crippen LogP contribution in [0.15, 0.2) is 30.5 Å². The van der Waals surface area contributed by atoms with Crippen LogP contribution in [0.5, 0.6) is 0 Å². The van der Waals surface area contributed by atoms with Gasteiger partial charge in [-0.05, 0) is 37.6 Å². The zero-order chi connectivity index (χ0) is 16.8. The molecule has 7 nitrogen and oxygen atoms in total. The van der Waals surface area contributed by atoms with E-state index in [0.29, 0.717) is 30.0 Å². The van der Waals surface area contributed by atoms with Crippen LogP contribution >= 0.6 is 0 Å². The number of carbonyl (C=O) groups is 1. The van der Waals surface area contributed by atoms with Gasteiger partial charge in [0.25, 0.3) is 5.91 Å². The van der Waals surface area contributed by atoms with Crippen molar-refractivity contribution in [3.63, 3.8) is 0 Å². The summed E-state index contributed by atoms with van der Waals surface area (Å²) in [4.78, 5) is 12.1. The Kier molecular flexibility index (Phi) is 5.33. The molecule has 1 amide bonds. The first-order chi connectivity index (χ1) is 11.1. The van der Waals surface area contributed by atoms with Crippen molar-refractivity contribution >= 4 is 17.4 Å². The van der Waals surface area contributed by atoms with E-state index < -0.39 is 6.10 Å². The van der Waals surface area contributed by atoms with Gasteiger partial charge in [0.1, 0.15) is 23.6 Å². The molecule has 2 rings (SSSR count). The SMILES string of the molecule is CCOC(CC)C(=O)Nc1ccc(-n2ncc(C#N)c2N)cc1. The van der Waals surface area contributed by atoms with Crippen LogP contribution in [0.2, 0.25) is 0 Å². The minimum atomic E-state index is -0.459. The summed E-state index contributed by atoms with van der Waals surface area (Å²) in [7, 11) is 0. The highest BCUT2D eigenvalue weighted by atomic mass is 16.5. The molecule has 0 radical (unpaired) electrons. The Hall–Kier alpha value is -2.85. The number of carbonyl (C=O) groups excluding carboxylic acids is 1. The van der Waals surface area contributed by atoms with E-state index in [1.54, 1.807) is 24.3 Å². The highest BCUT2D eigenvalue weighted by Crippen LogP contribution is 2.18. The average molecular weight is 313 g/mol. The Labute approximate surface area is 134 Å². The van der Waals surface area contributed by atoms with E-state index >= 15 is 0 Å². The van der Waals surface area contributed by atoms with Crippen LogP contribution in [0.1, 0.15) is 25.8 Å². The lowest BCUT2D eigenvalue weighted by molar-refractivity contribution is -0.127. The quantitative estimate of drug-likeness (QED) is 0.849. The van der Waals surface area contributed by atoms with Gasteiger partial charge < -0.3 is 15.8 Å². The maximum atomic E-state index is 12.1. The summed E-state index contributed by atoms with van der Waals surface area (Å²) in [5.41, 5.74) is 7.53. The topological polar surface area (TPSA) is 106 Å². The first-order valence-electron chi connectivity index (χ1n) is 7.37. The first-order valence-corrected chi connectivity index (χ1v) is 7.37. The molecular weight excluding hydrogens is 294 g/mol. The van der Waals surface area contributed by atoms with E-state index in [-0.39, 0.29) is 11.7 Å². The maximum Gasteiger partial charge on any atom is 0.253 e. The second kappa shape index (κ2) is 7.42. The van der Waals surface area contributed by atoms with Crippen LogP contribution in [0.4, 0.5) is 11.5 Å². The van der Waals surface area contributed by atoms with E-state index in [0.717, 1.165) is 0 Å². The number of rotatable bonds is 6. The molecule has 3 N–H and O–H groups in total. The number of nitrogens with one attached hydrogen (secondary N) is 1. The van der Waals surface area contributed by atoms with E-state index in [2.05, 4.69) is 10.4 Å². The van der Waals surface area contributed by atoms with Crippen molar-refractivity contribution in [3.8, 4) is 11.8 Å². The van der Waals surface area contributed by atoms with Gasteiger partial charge in [0.15, 0.2) is 0 Å². The highest BCUT2D eigenvalue weighted by Gasteiger charge is 2.16. The number of hydrogen-bond acceptors (Lipinski definition) is 5. The number of aromatic nitrogens is 2. The number of nitrogens with zero attached hydrogens (tertiary/aromatic N) is 3. The number of anilines is 2. The van der Waals surface area contributed by atoms with Crippen LogP contribution in [0.3, 0.4) is 0 Å². The summed E-state index contributed by atoms with van der Waals surface area (Å²) in [5, 5.41) is 15.8. The molecule has 0 saturated carbocycles. The van der Waals surface area contributed by atoms with Gasteiger partial charge in [0.05, 0.1) is 11.9 Å². The molecule has 1 atom stereocenters. The van der Waals surface area contributed by atoms with Crippen LogP contribution in [0.25, 0.3) is 5.69 Å². The minimum absolute atomic E-state index is 0.174. The number of nitrogens with two attached hydrogens (primary N) is 1. The third-order valence-corrected chi connectivity index (χ3v) is 3.34. The third kappa shape index (κ3) is 3.67. The van der Waals surface area contributed by atoms with Gasteiger partial charge in [-0.1, -0.05) is 6.92 Å². The van der Waals surface area contributed by atoms with E-state index in [9.17, 15) is 4.79 Å². The summed E-state index contributed by atoms with van der Waals surface area (Å²) in [6.07, 6.45) is 1.57. The minimum Gasteiger partial charge on any atom is -0.382 e. The largest absolute Gasteiger partial charge is 0.382 e. The number of nitriles is 1. The molecule has 1 aromatic carbocycles. The van der Waals surface area contributed by atoms with Crippen molar-refractivity contribution in [2.24, 2.45) is 0 Å². The van der Waals surface area contributed by atoms with E-state index in [4.69, 9.17) is 15.7 Å². The number of benzene rings is 1. The van der Waals surface area contributed by atoms with Crippen LogP contribution < -0.4 is 11.1 Å². The van der Waals surface area contributed by atoms with Gasteiger partial charge in [-0.15, -0.1) is 0 Å². The zero-order valence-electron chi connectivity index (χ0n) is 13.1. The number of nitrogen functional groups attached to an aromatic ring is 1. The Morgan fingerprint density at radius 1 is 1.43 bits per heavy atom. The zero-order valence-corrected chi connectivity index (χ0v) is 13.1. The summed E-state index contributed by atoms with van der Waals surface area (Å²) >= 11 is 0. The summed E-state index contributed by atoms with van der Waals surface area (Å²) in [6.45, 7) is 4.25. The Bertz CT molecular complexity index is 715. The molecule has 120 valence electrons. The number of hydrogen-bond donors (Lipinski definition) is 2. The molecule has 23 heavy (non-hydrogen) atoms. The van der Waals surface area contributed by atoms with Crippen molar-refractivity contribution in [3.05, 3.63) is 36.0 Å². The maximum absolute atomic E-state index is 12.1. The van der Waals surface area contributed by atoms with Crippen LogP contribution in [-0.4, -0.2) is 28.4 Å². The fourth-order valence-corrected chi connectivity index (χ4v) is 2.14. The molecule has 0 bridgehead atoms. The second-order valence-corrected chi connectivity index (χ2v) is 4.86. The molecule has 1 unspecified atom stereocenters. The molecule has 1 heterocycles. The second-order valence-electron chi connectivity index (χ2n) is 4.86. The molecule has 0 saturated heterocycles. The summed E-state index contributed by atoms with van der Waals surface area (Å²) < 4.78 is 6.85. The van der Waals surface area contributed by atoms with Gasteiger partial charge in [0, 0.05) is 12.3 Å². The Morgan fingerprint density at radius 2 is 2.13 bits per heavy atom. The molecular formula is C16H19N5O2. The predicted octanol–water partition coefficient (Wildman–Crippen LogP) is 2.08. The van der Waals surface area contributed by atoms with Gasteiger partial charge in [-0.3, -0.25) is 4.79 Å². The summed E-state index contributed by atoms with van der Waals surface area (Å²) in [6, 6.07) is 9.00. The van der Waals surface area contributed by atoms with E-state index in [1.807, 2.05) is 19.9 Å². The molecule has 0 spiro atoms. The van der Waals surface area contributed by atoms with Crippen molar-refractivity contribution in [1.82, 2.24) is 9.78 Å². The van der Waals surface area contributed by atoms with Crippen LogP contribution in [0, 0.1) is 11.3 Å². The van der Waals surface area contributed by atoms with Crippen molar-refractivity contribution in [1.29, 1.82) is 5.26 Å². The summed E-state index contributed by atoms with van der Waals surface area (Å²) in [5.74, 6) is 0.110.